The first-order valence-electron chi connectivity index (χ1n) is 6.09. The largest absolute Gasteiger partial charge is 0.416 e. The number of hydrogen-bond acceptors (Lipinski definition) is 1. The monoisotopic (exact) mass is 297 g/mol. The summed E-state index contributed by atoms with van der Waals surface area (Å²) < 4.78 is 51.6. The van der Waals surface area contributed by atoms with Crippen molar-refractivity contribution >= 4 is 11.6 Å². The number of rotatable bonds is 5. The Morgan fingerprint density at radius 2 is 1.89 bits per heavy atom. The molecular formula is C13H16ClF4N. The minimum absolute atomic E-state index is 0.170. The summed E-state index contributed by atoms with van der Waals surface area (Å²) in [5, 5.41) is -0.546. The third kappa shape index (κ3) is 4.35. The van der Waals surface area contributed by atoms with Gasteiger partial charge in [-0.3, -0.25) is 0 Å². The summed E-state index contributed by atoms with van der Waals surface area (Å²) in [5.74, 6) is -0.862. The van der Waals surface area contributed by atoms with E-state index in [1.165, 1.54) is 0 Å². The van der Waals surface area contributed by atoms with Gasteiger partial charge in [0.2, 0.25) is 0 Å². The molecule has 19 heavy (non-hydrogen) atoms. The van der Waals surface area contributed by atoms with Crippen molar-refractivity contribution in [2.75, 3.05) is 0 Å². The van der Waals surface area contributed by atoms with E-state index in [0.29, 0.717) is 12.5 Å². The Morgan fingerprint density at radius 3 is 2.42 bits per heavy atom. The van der Waals surface area contributed by atoms with Crippen molar-refractivity contribution in [1.29, 1.82) is 0 Å². The molecule has 0 aliphatic heterocycles. The van der Waals surface area contributed by atoms with Crippen molar-refractivity contribution in [2.45, 2.75) is 44.8 Å². The van der Waals surface area contributed by atoms with Gasteiger partial charge in [0.15, 0.2) is 0 Å². The predicted octanol–water partition coefficient (Wildman–Crippen LogP) is 5.08. The lowest BCUT2D eigenvalue weighted by Gasteiger charge is -2.16. The number of alkyl halides is 3. The first-order chi connectivity index (χ1) is 8.77. The van der Waals surface area contributed by atoms with Gasteiger partial charge >= 0.3 is 6.18 Å². The van der Waals surface area contributed by atoms with E-state index in [0.717, 1.165) is 25.3 Å². The second-order valence-corrected chi connectivity index (χ2v) is 4.87. The van der Waals surface area contributed by atoms with Crippen molar-refractivity contribution in [1.82, 2.24) is 0 Å². The maximum Gasteiger partial charge on any atom is 0.416 e. The summed E-state index contributed by atoms with van der Waals surface area (Å²) in [6, 6.07) is 0.558. The fraction of sp³-hybridized carbons (Fsp3) is 0.538. The number of halogens is 5. The van der Waals surface area contributed by atoms with E-state index >= 15 is 0 Å². The summed E-state index contributed by atoms with van der Waals surface area (Å²) in [5.41, 5.74) is 4.61. The lowest BCUT2D eigenvalue weighted by molar-refractivity contribution is -0.137. The number of nitrogens with two attached hydrogens (primary N) is 1. The fourth-order valence-electron chi connectivity index (χ4n) is 1.81. The highest BCUT2D eigenvalue weighted by atomic mass is 35.5. The lowest BCUT2D eigenvalue weighted by Crippen LogP contribution is -2.15. The fourth-order valence-corrected chi connectivity index (χ4v) is 2.04. The predicted molar refractivity (Wildman–Crippen MR) is 67.5 cm³/mol. The van der Waals surface area contributed by atoms with Gasteiger partial charge in [-0.2, -0.15) is 13.2 Å². The third-order valence-electron chi connectivity index (χ3n) is 2.90. The summed E-state index contributed by atoms with van der Waals surface area (Å²) in [4.78, 5) is 0. The summed E-state index contributed by atoms with van der Waals surface area (Å²) in [7, 11) is 0. The lowest BCUT2D eigenvalue weighted by atomic mass is 9.98. The molecule has 0 fully saturated rings. The minimum Gasteiger partial charge on any atom is -0.324 e. The molecule has 0 amide bonds. The van der Waals surface area contributed by atoms with Gasteiger partial charge in [-0.05, 0) is 18.6 Å². The molecule has 108 valence electrons. The molecule has 0 saturated carbocycles. The SMILES string of the molecule is CCCCC[C@@H](N)c1cc(C(F)(F)F)cc(Cl)c1F. The molecule has 1 aromatic carbocycles. The van der Waals surface area contributed by atoms with Crippen LogP contribution in [-0.4, -0.2) is 0 Å². The van der Waals surface area contributed by atoms with Crippen molar-refractivity contribution in [2.24, 2.45) is 5.73 Å². The zero-order chi connectivity index (χ0) is 14.6. The van der Waals surface area contributed by atoms with Crippen molar-refractivity contribution in [3.05, 3.63) is 34.1 Å². The van der Waals surface area contributed by atoms with Crippen molar-refractivity contribution < 1.29 is 17.6 Å². The van der Waals surface area contributed by atoms with Gasteiger partial charge in [0.1, 0.15) is 5.82 Å². The van der Waals surface area contributed by atoms with Gasteiger partial charge in [-0.25, -0.2) is 4.39 Å². The van der Waals surface area contributed by atoms with Crippen LogP contribution in [0.5, 0.6) is 0 Å². The molecule has 0 radical (unpaired) electrons. The quantitative estimate of drug-likeness (QED) is 0.595. The Hall–Kier alpha value is -0.810. The summed E-state index contributed by atoms with van der Waals surface area (Å²) >= 11 is 5.50. The van der Waals surface area contributed by atoms with Crippen LogP contribution < -0.4 is 5.73 Å². The normalized spacial score (nSPS) is 13.6. The average Bonchev–Trinajstić information content (AvgIpc) is 2.31. The maximum atomic E-state index is 13.8. The van der Waals surface area contributed by atoms with Crippen LogP contribution in [0.2, 0.25) is 5.02 Å². The summed E-state index contributed by atoms with van der Waals surface area (Å²) in [6.45, 7) is 1.99. The van der Waals surface area contributed by atoms with Crippen LogP contribution in [0.25, 0.3) is 0 Å². The average molecular weight is 298 g/mol. The van der Waals surface area contributed by atoms with Crippen molar-refractivity contribution in [3.63, 3.8) is 0 Å². The highest BCUT2D eigenvalue weighted by molar-refractivity contribution is 6.30. The van der Waals surface area contributed by atoms with E-state index < -0.39 is 28.6 Å². The molecule has 1 rings (SSSR count). The topological polar surface area (TPSA) is 26.0 Å². The molecule has 0 spiro atoms. The van der Waals surface area contributed by atoms with Crippen LogP contribution in [0.3, 0.4) is 0 Å². The van der Waals surface area contributed by atoms with Crippen LogP contribution in [-0.2, 0) is 6.18 Å². The van der Waals surface area contributed by atoms with E-state index in [2.05, 4.69) is 0 Å². The van der Waals surface area contributed by atoms with Crippen LogP contribution in [0.15, 0.2) is 12.1 Å². The second kappa shape index (κ2) is 6.57. The van der Waals surface area contributed by atoms with Gasteiger partial charge in [-0.15, -0.1) is 0 Å². The molecule has 1 atom stereocenters. The number of hydrogen-bond donors (Lipinski definition) is 1. The molecule has 0 aliphatic rings. The van der Waals surface area contributed by atoms with Crippen LogP contribution in [0.1, 0.15) is 49.8 Å². The van der Waals surface area contributed by atoms with E-state index in [4.69, 9.17) is 17.3 Å². The molecule has 0 aromatic heterocycles. The third-order valence-corrected chi connectivity index (χ3v) is 3.18. The van der Waals surface area contributed by atoms with E-state index in [9.17, 15) is 17.6 Å². The first-order valence-corrected chi connectivity index (χ1v) is 6.46. The molecule has 6 heteroatoms. The van der Waals surface area contributed by atoms with Gasteiger partial charge in [0, 0.05) is 11.6 Å². The summed E-state index contributed by atoms with van der Waals surface area (Å²) in [6.07, 6.45) is -1.52. The highest BCUT2D eigenvalue weighted by Gasteiger charge is 2.32. The van der Waals surface area contributed by atoms with E-state index in [-0.39, 0.29) is 5.56 Å². The molecule has 0 aliphatic carbocycles. The van der Waals surface area contributed by atoms with Gasteiger partial charge in [0.25, 0.3) is 0 Å². The molecular weight excluding hydrogens is 282 g/mol. The molecule has 0 saturated heterocycles. The second-order valence-electron chi connectivity index (χ2n) is 4.46. The van der Waals surface area contributed by atoms with Crippen molar-refractivity contribution in [3.8, 4) is 0 Å². The zero-order valence-electron chi connectivity index (χ0n) is 10.5. The molecule has 1 nitrogen and oxygen atoms in total. The smallest absolute Gasteiger partial charge is 0.324 e. The zero-order valence-corrected chi connectivity index (χ0v) is 11.3. The Morgan fingerprint density at radius 1 is 1.26 bits per heavy atom. The maximum absolute atomic E-state index is 13.8. The number of unbranched alkanes of at least 4 members (excludes halogenated alkanes) is 2. The van der Waals surface area contributed by atoms with Gasteiger partial charge in [-0.1, -0.05) is 37.8 Å². The van der Waals surface area contributed by atoms with Gasteiger partial charge < -0.3 is 5.73 Å². The standard InChI is InChI=1S/C13H16ClF4N/c1-2-3-4-5-11(19)9-6-8(13(16,17)18)7-10(14)12(9)15/h6-7,11H,2-5,19H2,1H3/t11-/m1/s1. The molecule has 2 N–H and O–H groups in total. The molecule has 0 heterocycles. The highest BCUT2D eigenvalue weighted by Crippen LogP contribution is 2.35. The van der Waals surface area contributed by atoms with Crippen LogP contribution in [0.4, 0.5) is 17.6 Å². The first kappa shape index (κ1) is 16.2. The number of benzene rings is 1. The van der Waals surface area contributed by atoms with E-state index in [1.807, 2.05) is 6.92 Å². The molecule has 0 unspecified atom stereocenters. The van der Waals surface area contributed by atoms with Gasteiger partial charge in [0.05, 0.1) is 10.6 Å². The Labute approximate surface area is 114 Å². The Kier molecular flexibility index (Phi) is 5.62. The minimum atomic E-state index is -4.56. The van der Waals surface area contributed by atoms with Crippen LogP contribution in [0, 0.1) is 5.82 Å². The van der Waals surface area contributed by atoms with E-state index in [1.54, 1.807) is 0 Å². The Bertz CT molecular complexity index is 431. The Balaban J connectivity index is 3.02. The molecule has 1 aromatic rings. The molecule has 0 bridgehead atoms. The van der Waals surface area contributed by atoms with Crippen LogP contribution >= 0.6 is 11.6 Å².